The topological polar surface area (TPSA) is 24.9 Å². The van der Waals surface area contributed by atoms with Crippen molar-refractivity contribution < 1.29 is 0 Å². The minimum Gasteiger partial charge on any atom is -0.252 e. The van der Waals surface area contributed by atoms with Crippen LogP contribution in [0.3, 0.4) is 0 Å². The molecule has 2 nitrogen and oxygen atoms in total. The van der Waals surface area contributed by atoms with E-state index in [2.05, 4.69) is 48.7 Å². The number of fused-ring (bicyclic) bond motifs is 1. The Balaban J connectivity index is 2.04. The molecule has 2 rings (SSSR count). The molecule has 0 atom stereocenters. The lowest BCUT2D eigenvalue weighted by Gasteiger charge is -2.24. The van der Waals surface area contributed by atoms with Crippen molar-refractivity contribution in [3.8, 4) is 0 Å². The third-order valence-corrected chi connectivity index (χ3v) is 4.82. The molecule has 17 heavy (non-hydrogen) atoms. The summed E-state index contributed by atoms with van der Waals surface area (Å²) in [4.78, 5) is 4.59. The molecular formula is C13H18N2S2. The molecule has 0 bridgehead atoms. The molecule has 0 aliphatic heterocycles. The first-order valence-electron chi connectivity index (χ1n) is 5.90. The number of thiazole rings is 1. The summed E-state index contributed by atoms with van der Waals surface area (Å²) in [5.74, 6) is 0. The molecule has 0 saturated carbocycles. The first kappa shape index (κ1) is 12.9. The molecule has 0 spiro atoms. The summed E-state index contributed by atoms with van der Waals surface area (Å²) >= 11 is 3.40. The lowest BCUT2D eigenvalue weighted by molar-refractivity contribution is 0.437. The van der Waals surface area contributed by atoms with Gasteiger partial charge in [-0.2, -0.15) is 0 Å². The van der Waals surface area contributed by atoms with Gasteiger partial charge in [0.1, 0.15) is 0 Å². The second kappa shape index (κ2) is 5.38. The number of rotatable bonds is 5. The van der Waals surface area contributed by atoms with Crippen LogP contribution in [0.1, 0.15) is 33.6 Å². The Morgan fingerprint density at radius 3 is 2.82 bits per heavy atom. The maximum atomic E-state index is 4.59. The Morgan fingerprint density at radius 1 is 1.35 bits per heavy atom. The van der Waals surface area contributed by atoms with Crippen LogP contribution >= 0.6 is 23.3 Å². The quantitative estimate of drug-likeness (QED) is 0.808. The Hall–Kier alpha value is -0.580. The average Bonchev–Trinajstić information content (AvgIpc) is 2.69. The van der Waals surface area contributed by atoms with Gasteiger partial charge in [-0.25, -0.2) is 4.98 Å². The average molecular weight is 266 g/mol. The molecule has 0 aliphatic rings. The summed E-state index contributed by atoms with van der Waals surface area (Å²) in [6.07, 6.45) is 2.37. The van der Waals surface area contributed by atoms with E-state index in [1.165, 1.54) is 17.5 Å². The summed E-state index contributed by atoms with van der Waals surface area (Å²) < 4.78 is 5.85. The third kappa shape index (κ3) is 3.44. The SMILES string of the molecule is CCCC(C)(C)NSc1nc2ccccc2s1. The van der Waals surface area contributed by atoms with Gasteiger partial charge in [-0.05, 0) is 44.3 Å². The maximum absolute atomic E-state index is 4.59. The van der Waals surface area contributed by atoms with Gasteiger partial charge in [0, 0.05) is 5.54 Å². The van der Waals surface area contributed by atoms with Crippen LogP contribution in [-0.2, 0) is 0 Å². The highest BCUT2D eigenvalue weighted by molar-refractivity contribution is 7.99. The molecule has 0 saturated heterocycles. The first-order chi connectivity index (χ1) is 8.11. The number of nitrogens with one attached hydrogen (secondary N) is 1. The van der Waals surface area contributed by atoms with Gasteiger partial charge < -0.3 is 0 Å². The molecule has 1 aromatic carbocycles. The molecule has 1 heterocycles. The normalized spacial score (nSPS) is 12.2. The highest BCUT2D eigenvalue weighted by Gasteiger charge is 2.17. The van der Waals surface area contributed by atoms with E-state index in [4.69, 9.17) is 0 Å². The molecule has 2 aromatic rings. The van der Waals surface area contributed by atoms with Gasteiger partial charge in [0.25, 0.3) is 0 Å². The smallest absolute Gasteiger partial charge is 0.166 e. The molecule has 0 radical (unpaired) electrons. The number of hydrogen-bond acceptors (Lipinski definition) is 4. The number of aromatic nitrogens is 1. The number of benzene rings is 1. The van der Waals surface area contributed by atoms with Gasteiger partial charge in [0.05, 0.1) is 10.2 Å². The van der Waals surface area contributed by atoms with Crippen molar-refractivity contribution >= 4 is 33.5 Å². The van der Waals surface area contributed by atoms with Crippen molar-refractivity contribution in [1.82, 2.24) is 9.71 Å². The molecular weight excluding hydrogens is 248 g/mol. The van der Waals surface area contributed by atoms with E-state index in [0.717, 1.165) is 9.86 Å². The molecule has 0 amide bonds. The number of nitrogens with zero attached hydrogens (tertiary/aromatic N) is 1. The summed E-state index contributed by atoms with van der Waals surface area (Å²) in [7, 11) is 0. The minimum atomic E-state index is 0.164. The predicted octanol–water partition coefficient (Wildman–Crippen LogP) is 4.47. The van der Waals surface area contributed by atoms with Gasteiger partial charge in [-0.1, -0.05) is 25.5 Å². The largest absolute Gasteiger partial charge is 0.252 e. The van der Waals surface area contributed by atoms with E-state index >= 15 is 0 Å². The van der Waals surface area contributed by atoms with Crippen molar-refractivity contribution in [2.45, 2.75) is 43.5 Å². The van der Waals surface area contributed by atoms with E-state index in [1.807, 2.05) is 6.07 Å². The Kier molecular flexibility index (Phi) is 4.07. The highest BCUT2D eigenvalue weighted by atomic mass is 32.2. The van der Waals surface area contributed by atoms with Crippen molar-refractivity contribution in [2.75, 3.05) is 0 Å². The van der Waals surface area contributed by atoms with Crippen LogP contribution < -0.4 is 4.72 Å². The van der Waals surface area contributed by atoms with Crippen LogP contribution in [0.25, 0.3) is 10.2 Å². The van der Waals surface area contributed by atoms with Gasteiger partial charge in [0.15, 0.2) is 4.34 Å². The Labute approximate surface area is 111 Å². The fraction of sp³-hybridized carbons (Fsp3) is 0.462. The van der Waals surface area contributed by atoms with Gasteiger partial charge >= 0.3 is 0 Å². The zero-order valence-electron chi connectivity index (χ0n) is 10.5. The lowest BCUT2D eigenvalue weighted by atomic mass is 10.0. The van der Waals surface area contributed by atoms with Crippen molar-refractivity contribution in [3.63, 3.8) is 0 Å². The Morgan fingerprint density at radius 2 is 2.12 bits per heavy atom. The molecule has 0 aliphatic carbocycles. The standard InChI is InChI=1S/C13H18N2S2/c1-4-9-13(2,3)15-17-12-14-10-7-5-6-8-11(10)16-12/h5-8,15H,4,9H2,1-3H3. The van der Waals surface area contributed by atoms with E-state index < -0.39 is 0 Å². The van der Waals surface area contributed by atoms with Gasteiger partial charge in [0.2, 0.25) is 0 Å². The van der Waals surface area contributed by atoms with E-state index in [-0.39, 0.29) is 5.54 Å². The predicted molar refractivity (Wildman–Crippen MR) is 77.6 cm³/mol. The Bertz CT molecular complexity index is 458. The molecule has 1 N–H and O–H groups in total. The molecule has 0 fully saturated rings. The van der Waals surface area contributed by atoms with Gasteiger partial charge in [-0.15, -0.1) is 11.3 Å². The monoisotopic (exact) mass is 266 g/mol. The number of para-hydroxylation sites is 1. The van der Waals surface area contributed by atoms with Crippen LogP contribution in [0.4, 0.5) is 0 Å². The zero-order chi connectivity index (χ0) is 12.3. The summed E-state index contributed by atoms with van der Waals surface area (Å²) in [5, 5.41) is 0. The zero-order valence-corrected chi connectivity index (χ0v) is 12.1. The lowest BCUT2D eigenvalue weighted by Crippen LogP contribution is -2.33. The summed E-state index contributed by atoms with van der Waals surface area (Å²) in [6.45, 7) is 6.68. The van der Waals surface area contributed by atoms with Crippen LogP contribution in [0.15, 0.2) is 28.6 Å². The first-order valence-corrected chi connectivity index (χ1v) is 7.53. The van der Waals surface area contributed by atoms with Crippen LogP contribution in [0.2, 0.25) is 0 Å². The second-order valence-electron chi connectivity index (χ2n) is 4.79. The molecule has 4 heteroatoms. The van der Waals surface area contributed by atoms with E-state index in [0.29, 0.717) is 0 Å². The van der Waals surface area contributed by atoms with Crippen molar-refractivity contribution in [3.05, 3.63) is 24.3 Å². The third-order valence-electron chi connectivity index (χ3n) is 2.56. The number of hydrogen-bond donors (Lipinski definition) is 1. The van der Waals surface area contributed by atoms with E-state index in [1.54, 1.807) is 23.3 Å². The van der Waals surface area contributed by atoms with Gasteiger partial charge in [-0.3, -0.25) is 4.72 Å². The second-order valence-corrected chi connectivity index (χ2v) is 6.87. The highest BCUT2D eigenvalue weighted by Crippen LogP contribution is 2.29. The van der Waals surface area contributed by atoms with Crippen LogP contribution in [-0.4, -0.2) is 10.5 Å². The van der Waals surface area contributed by atoms with E-state index in [9.17, 15) is 0 Å². The van der Waals surface area contributed by atoms with Crippen LogP contribution in [0.5, 0.6) is 0 Å². The molecule has 92 valence electrons. The maximum Gasteiger partial charge on any atom is 0.166 e. The fourth-order valence-electron chi connectivity index (χ4n) is 1.75. The molecule has 0 unspecified atom stereocenters. The fourth-order valence-corrected chi connectivity index (χ4v) is 3.62. The minimum absolute atomic E-state index is 0.164. The summed E-state index contributed by atoms with van der Waals surface area (Å²) in [6, 6.07) is 8.27. The van der Waals surface area contributed by atoms with Crippen molar-refractivity contribution in [2.24, 2.45) is 0 Å². The summed E-state index contributed by atoms with van der Waals surface area (Å²) in [5.41, 5.74) is 1.26. The molecule has 1 aromatic heterocycles. The van der Waals surface area contributed by atoms with Crippen molar-refractivity contribution in [1.29, 1.82) is 0 Å². The van der Waals surface area contributed by atoms with Crippen LogP contribution in [0, 0.1) is 0 Å².